The molecule has 0 spiro atoms. The largest absolute Gasteiger partial charge is 0.378 e. The molecule has 0 saturated carbocycles. The van der Waals surface area contributed by atoms with Crippen molar-refractivity contribution in [3.05, 3.63) is 50.9 Å². The number of halogens is 1. The van der Waals surface area contributed by atoms with Crippen LogP contribution >= 0.6 is 15.9 Å². The fourth-order valence-corrected chi connectivity index (χ4v) is 1.98. The van der Waals surface area contributed by atoms with Gasteiger partial charge in [-0.3, -0.25) is 4.79 Å². The average molecular weight is 295 g/mol. The van der Waals surface area contributed by atoms with E-state index >= 15 is 0 Å². The first-order valence-corrected chi connectivity index (χ1v) is 5.84. The second kappa shape index (κ2) is 5.25. The molecule has 0 amide bonds. The normalized spacial score (nSPS) is 10.5. The molecule has 0 aliphatic rings. The maximum atomic E-state index is 11.5. The average Bonchev–Trinajstić information content (AvgIpc) is 2.29. The number of H-pyrrole nitrogens is 1. The molecule has 0 radical (unpaired) electrons. The fourth-order valence-electron chi connectivity index (χ4n) is 1.51. The van der Waals surface area contributed by atoms with Crippen LogP contribution in [0, 0.1) is 0 Å². The molecule has 5 heteroatoms. The van der Waals surface area contributed by atoms with Crippen LogP contribution in [-0.4, -0.2) is 17.1 Å². The van der Waals surface area contributed by atoms with Gasteiger partial charge in [0.15, 0.2) is 0 Å². The summed E-state index contributed by atoms with van der Waals surface area (Å²) in [6.45, 7) is 0.321. The van der Waals surface area contributed by atoms with Crippen LogP contribution in [0.4, 0.5) is 0 Å². The molecular formula is C12H11BrN2O2. The third-order valence-electron chi connectivity index (χ3n) is 2.22. The first-order valence-electron chi connectivity index (χ1n) is 5.05. The van der Waals surface area contributed by atoms with Gasteiger partial charge in [-0.05, 0) is 6.07 Å². The molecule has 2 aromatic rings. The summed E-state index contributed by atoms with van der Waals surface area (Å²) < 4.78 is 5.86. The number of rotatable bonds is 3. The molecule has 1 heterocycles. The number of nitrogens with zero attached hydrogens (tertiary/aromatic N) is 1. The Morgan fingerprint density at radius 1 is 1.41 bits per heavy atom. The number of hydrogen-bond acceptors (Lipinski definition) is 3. The summed E-state index contributed by atoms with van der Waals surface area (Å²) in [4.78, 5) is 18.6. The zero-order chi connectivity index (χ0) is 12.3. The van der Waals surface area contributed by atoms with Gasteiger partial charge in [0.1, 0.15) is 5.82 Å². The molecule has 4 nitrogen and oxygen atoms in total. The van der Waals surface area contributed by atoms with Crippen molar-refractivity contribution in [3.63, 3.8) is 0 Å². The Bertz CT molecular complexity index is 581. The van der Waals surface area contributed by atoms with E-state index in [1.807, 2.05) is 24.3 Å². The molecule has 0 aliphatic heterocycles. The first kappa shape index (κ1) is 12.0. The number of methoxy groups -OCH3 is 1. The lowest BCUT2D eigenvalue weighted by molar-refractivity contribution is 0.181. The standard InChI is InChI=1S/C12H11BrN2O2/c1-17-7-8-6-11(16)15-12(14-8)9-4-2-3-5-10(9)13/h2-6H,7H2,1H3,(H,14,15,16). The lowest BCUT2D eigenvalue weighted by Crippen LogP contribution is -2.11. The lowest BCUT2D eigenvalue weighted by atomic mass is 10.2. The van der Waals surface area contributed by atoms with Gasteiger partial charge in [0.25, 0.3) is 5.56 Å². The zero-order valence-electron chi connectivity index (χ0n) is 9.24. The van der Waals surface area contributed by atoms with Crippen molar-refractivity contribution in [2.75, 3.05) is 7.11 Å². The first-order chi connectivity index (χ1) is 8.20. The van der Waals surface area contributed by atoms with Gasteiger partial charge in [0, 0.05) is 23.2 Å². The smallest absolute Gasteiger partial charge is 0.251 e. The van der Waals surface area contributed by atoms with E-state index in [0.717, 1.165) is 10.0 Å². The summed E-state index contributed by atoms with van der Waals surface area (Å²) in [5.41, 5.74) is 1.28. The van der Waals surface area contributed by atoms with Gasteiger partial charge >= 0.3 is 0 Å². The Labute approximate surface area is 107 Å². The quantitative estimate of drug-likeness (QED) is 0.945. The number of nitrogens with one attached hydrogen (secondary N) is 1. The summed E-state index contributed by atoms with van der Waals surface area (Å²) in [5, 5.41) is 0. The van der Waals surface area contributed by atoms with E-state index in [9.17, 15) is 4.79 Å². The zero-order valence-corrected chi connectivity index (χ0v) is 10.8. The van der Waals surface area contributed by atoms with Gasteiger partial charge < -0.3 is 9.72 Å². The van der Waals surface area contributed by atoms with Crippen molar-refractivity contribution in [1.82, 2.24) is 9.97 Å². The van der Waals surface area contributed by atoms with Crippen LogP contribution in [0.5, 0.6) is 0 Å². The number of benzene rings is 1. The summed E-state index contributed by atoms with van der Waals surface area (Å²) in [6, 6.07) is 9.02. The molecule has 2 rings (SSSR count). The van der Waals surface area contributed by atoms with Crippen molar-refractivity contribution < 1.29 is 4.74 Å². The molecule has 1 N–H and O–H groups in total. The maximum Gasteiger partial charge on any atom is 0.251 e. The Kier molecular flexibility index (Phi) is 3.71. The van der Waals surface area contributed by atoms with E-state index in [0.29, 0.717) is 18.1 Å². The van der Waals surface area contributed by atoms with Crippen LogP contribution in [0.3, 0.4) is 0 Å². The minimum absolute atomic E-state index is 0.183. The van der Waals surface area contributed by atoms with Gasteiger partial charge in [-0.25, -0.2) is 4.98 Å². The Morgan fingerprint density at radius 2 is 2.18 bits per heavy atom. The van der Waals surface area contributed by atoms with E-state index in [-0.39, 0.29) is 5.56 Å². The van der Waals surface area contributed by atoms with Crippen molar-refractivity contribution in [2.45, 2.75) is 6.61 Å². The molecule has 88 valence electrons. The molecule has 0 fully saturated rings. The van der Waals surface area contributed by atoms with Crippen LogP contribution in [0.15, 0.2) is 39.6 Å². The third-order valence-corrected chi connectivity index (χ3v) is 2.91. The minimum Gasteiger partial charge on any atom is -0.378 e. The Balaban J connectivity index is 2.52. The molecule has 0 bridgehead atoms. The summed E-state index contributed by atoms with van der Waals surface area (Å²) in [5.74, 6) is 0.539. The van der Waals surface area contributed by atoms with Crippen LogP contribution in [0.2, 0.25) is 0 Å². The summed E-state index contributed by atoms with van der Waals surface area (Å²) in [7, 11) is 1.57. The molecule has 0 aliphatic carbocycles. The Hall–Kier alpha value is -1.46. The van der Waals surface area contributed by atoms with E-state index in [1.165, 1.54) is 6.07 Å². The van der Waals surface area contributed by atoms with Crippen molar-refractivity contribution >= 4 is 15.9 Å². The predicted octanol–water partition coefficient (Wildman–Crippen LogP) is 2.35. The number of aromatic amines is 1. The van der Waals surface area contributed by atoms with E-state index < -0.39 is 0 Å². The molecule has 1 aromatic carbocycles. The van der Waals surface area contributed by atoms with E-state index in [4.69, 9.17) is 4.74 Å². The second-order valence-corrected chi connectivity index (χ2v) is 4.35. The Morgan fingerprint density at radius 3 is 2.88 bits per heavy atom. The highest BCUT2D eigenvalue weighted by Crippen LogP contribution is 2.24. The number of hydrogen-bond donors (Lipinski definition) is 1. The van der Waals surface area contributed by atoms with Gasteiger partial charge in [-0.2, -0.15) is 0 Å². The highest BCUT2D eigenvalue weighted by molar-refractivity contribution is 9.10. The maximum absolute atomic E-state index is 11.5. The van der Waals surface area contributed by atoms with Crippen molar-refractivity contribution in [2.24, 2.45) is 0 Å². The van der Waals surface area contributed by atoms with Gasteiger partial charge in [-0.15, -0.1) is 0 Å². The van der Waals surface area contributed by atoms with Crippen molar-refractivity contribution in [3.8, 4) is 11.4 Å². The van der Waals surface area contributed by atoms with Crippen LogP contribution in [-0.2, 0) is 11.3 Å². The van der Waals surface area contributed by atoms with Gasteiger partial charge in [0.2, 0.25) is 0 Å². The highest BCUT2D eigenvalue weighted by atomic mass is 79.9. The molecule has 17 heavy (non-hydrogen) atoms. The topological polar surface area (TPSA) is 55.0 Å². The number of ether oxygens (including phenoxy) is 1. The predicted molar refractivity (Wildman–Crippen MR) is 68.7 cm³/mol. The molecule has 0 unspecified atom stereocenters. The van der Waals surface area contributed by atoms with Crippen LogP contribution in [0.1, 0.15) is 5.69 Å². The molecule has 1 aromatic heterocycles. The van der Waals surface area contributed by atoms with Crippen molar-refractivity contribution in [1.29, 1.82) is 0 Å². The van der Waals surface area contributed by atoms with Crippen LogP contribution < -0.4 is 5.56 Å². The van der Waals surface area contributed by atoms with E-state index in [1.54, 1.807) is 7.11 Å². The van der Waals surface area contributed by atoms with Crippen LogP contribution in [0.25, 0.3) is 11.4 Å². The molecule has 0 saturated heterocycles. The molecule has 0 atom stereocenters. The summed E-state index contributed by atoms with van der Waals surface area (Å²) in [6.07, 6.45) is 0. The molecular weight excluding hydrogens is 284 g/mol. The monoisotopic (exact) mass is 294 g/mol. The fraction of sp³-hybridized carbons (Fsp3) is 0.167. The SMILES string of the molecule is COCc1cc(=O)[nH]c(-c2ccccc2Br)n1. The second-order valence-electron chi connectivity index (χ2n) is 3.50. The van der Waals surface area contributed by atoms with E-state index in [2.05, 4.69) is 25.9 Å². The summed E-state index contributed by atoms with van der Waals surface area (Å²) >= 11 is 3.43. The lowest BCUT2D eigenvalue weighted by Gasteiger charge is -2.05. The highest BCUT2D eigenvalue weighted by Gasteiger charge is 2.06. The van der Waals surface area contributed by atoms with Gasteiger partial charge in [-0.1, -0.05) is 34.1 Å². The minimum atomic E-state index is -0.183. The third kappa shape index (κ3) is 2.81. The van der Waals surface area contributed by atoms with Gasteiger partial charge in [0.05, 0.1) is 12.3 Å². The number of aromatic nitrogens is 2.